The number of hydrogen-bond acceptors (Lipinski definition) is 4. The Kier molecular flexibility index (Phi) is 5.08. The Bertz CT molecular complexity index is 463. The largest absolute Gasteiger partial charge is 0.478 e. The van der Waals surface area contributed by atoms with Crippen molar-refractivity contribution >= 4 is 29.2 Å². The van der Waals surface area contributed by atoms with E-state index in [4.69, 9.17) is 16.7 Å². The summed E-state index contributed by atoms with van der Waals surface area (Å²) < 4.78 is 0. The minimum absolute atomic E-state index is 0.0651. The highest BCUT2D eigenvalue weighted by Gasteiger charge is 2.10. The number of hydrazine groups is 1. The average Bonchev–Trinajstić information content (AvgIpc) is 2.29. The Morgan fingerprint density at radius 2 is 2.06 bits per heavy atom. The summed E-state index contributed by atoms with van der Waals surface area (Å²) in [6, 6.07) is 4.12. The zero-order valence-corrected chi connectivity index (χ0v) is 10.8. The highest BCUT2D eigenvalue weighted by molar-refractivity contribution is 6.33. The van der Waals surface area contributed by atoms with Crippen LogP contribution in [0.25, 0.3) is 0 Å². The van der Waals surface area contributed by atoms with Gasteiger partial charge in [0.15, 0.2) is 0 Å². The van der Waals surface area contributed by atoms with Crippen LogP contribution in [0.1, 0.15) is 10.4 Å². The summed E-state index contributed by atoms with van der Waals surface area (Å²) in [5.74, 6) is -1.39. The number of carboxylic acid groups (broad SMARTS) is 1. The number of carboxylic acids is 1. The topological polar surface area (TPSA) is 81.7 Å². The van der Waals surface area contributed by atoms with Crippen LogP contribution < -0.4 is 10.7 Å². The van der Waals surface area contributed by atoms with Gasteiger partial charge in [0, 0.05) is 14.1 Å². The molecule has 0 aliphatic carbocycles. The molecule has 7 heteroatoms. The summed E-state index contributed by atoms with van der Waals surface area (Å²) in [5, 5.41) is 13.3. The molecule has 18 heavy (non-hydrogen) atoms. The third-order valence-electron chi connectivity index (χ3n) is 2.04. The molecule has 98 valence electrons. The number of amides is 1. The highest BCUT2D eigenvalue weighted by atomic mass is 35.5. The molecule has 0 aliphatic rings. The van der Waals surface area contributed by atoms with Crippen LogP contribution in [-0.4, -0.2) is 42.6 Å². The predicted molar refractivity (Wildman–Crippen MR) is 68.7 cm³/mol. The van der Waals surface area contributed by atoms with Crippen LogP contribution in [0.2, 0.25) is 5.02 Å². The van der Waals surface area contributed by atoms with E-state index in [1.54, 1.807) is 19.1 Å². The zero-order chi connectivity index (χ0) is 13.7. The number of carbonyl (C=O) groups is 2. The zero-order valence-electron chi connectivity index (χ0n) is 10.0. The van der Waals surface area contributed by atoms with E-state index in [0.717, 1.165) is 0 Å². The van der Waals surface area contributed by atoms with Gasteiger partial charge in [0.05, 0.1) is 22.8 Å². The summed E-state index contributed by atoms with van der Waals surface area (Å²) in [4.78, 5) is 22.3. The van der Waals surface area contributed by atoms with Crippen LogP contribution in [0.3, 0.4) is 0 Å². The highest BCUT2D eigenvalue weighted by Crippen LogP contribution is 2.22. The first-order valence-corrected chi connectivity index (χ1v) is 5.51. The molecule has 6 nitrogen and oxygen atoms in total. The smallest absolute Gasteiger partial charge is 0.335 e. The molecule has 3 N–H and O–H groups in total. The normalized spacial score (nSPS) is 10.4. The van der Waals surface area contributed by atoms with Gasteiger partial charge in [-0.3, -0.25) is 9.80 Å². The molecule has 1 aromatic carbocycles. The molecule has 0 radical (unpaired) electrons. The number of hydrogen-bond donors (Lipinski definition) is 3. The van der Waals surface area contributed by atoms with E-state index in [1.807, 2.05) is 0 Å². The number of halogens is 1. The van der Waals surface area contributed by atoms with Crippen molar-refractivity contribution in [2.45, 2.75) is 0 Å². The lowest BCUT2D eigenvalue weighted by Gasteiger charge is -2.12. The van der Waals surface area contributed by atoms with Gasteiger partial charge < -0.3 is 10.4 Å². The first kappa shape index (κ1) is 14.4. The monoisotopic (exact) mass is 271 g/mol. The van der Waals surface area contributed by atoms with Crippen molar-refractivity contribution in [1.29, 1.82) is 0 Å². The molecule has 1 aromatic rings. The van der Waals surface area contributed by atoms with Gasteiger partial charge in [-0.05, 0) is 18.2 Å². The summed E-state index contributed by atoms with van der Waals surface area (Å²) in [6.07, 6.45) is 0. The molecular formula is C11H14ClN3O3. The second kappa shape index (κ2) is 6.34. The molecule has 1 amide bonds. The van der Waals surface area contributed by atoms with Crippen molar-refractivity contribution in [1.82, 2.24) is 10.4 Å². The molecule has 0 aliphatic heterocycles. The molecule has 0 heterocycles. The summed E-state index contributed by atoms with van der Waals surface area (Å²) in [5.41, 5.74) is 3.13. The van der Waals surface area contributed by atoms with Crippen LogP contribution in [0.15, 0.2) is 18.2 Å². The van der Waals surface area contributed by atoms with Gasteiger partial charge in [-0.1, -0.05) is 11.6 Å². The van der Waals surface area contributed by atoms with Crippen molar-refractivity contribution in [3.8, 4) is 0 Å². The van der Waals surface area contributed by atoms with Crippen LogP contribution >= 0.6 is 11.6 Å². The number of carbonyl (C=O) groups excluding carboxylic acids is 1. The van der Waals surface area contributed by atoms with Crippen molar-refractivity contribution in [2.24, 2.45) is 0 Å². The summed E-state index contributed by atoms with van der Waals surface area (Å²) >= 11 is 5.87. The minimum Gasteiger partial charge on any atom is -0.478 e. The summed E-state index contributed by atoms with van der Waals surface area (Å²) in [6.45, 7) is 0.0701. The van der Waals surface area contributed by atoms with Gasteiger partial charge in [-0.15, -0.1) is 0 Å². The lowest BCUT2D eigenvalue weighted by atomic mass is 10.2. The molecule has 1 rings (SSSR count). The lowest BCUT2D eigenvalue weighted by molar-refractivity contribution is -0.116. The molecule has 0 saturated heterocycles. The van der Waals surface area contributed by atoms with Gasteiger partial charge in [-0.25, -0.2) is 10.2 Å². The SMILES string of the molecule is CN(C)NCC(=O)Nc1cc(C(=O)O)ccc1Cl. The molecule has 0 atom stereocenters. The lowest BCUT2D eigenvalue weighted by Crippen LogP contribution is -2.37. The van der Waals surface area contributed by atoms with E-state index in [9.17, 15) is 9.59 Å². The number of nitrogens with one attached hydrogen (secondary N) is 2. The Balaban J connectivity index is 2.74. The third-order valence-corrected chi connectivity index (χ3v) is 2.37. The fourth-order valence-corrected chi connectivity index (χ4v) is 1.34. The van der Waals surface area contributed by atoms with Gasteiger partial charge in [0.2, 0.25) is 5.91 Å². The number of aromatic carboxylic acids is 1. The predicted octanol–water partition coefficient (Wildman–Crippen LogP) is 1.04. The molecule has 0 saturated carbocycles. The van der Waals surface area contributed by atoms with Crippen molar-refractivity contribution in [3.63, 3.8) is 0 Å². The number of rotatable bonds is 5. The van der Waals surface area contributed by atoms with Crippen molar-refractivity contribution < 1.29 is 14.7 Å². The first-order valence-electron chi connectivity index (χ1n) is 5.13. The van der Waals surface area contributed by atoms with E-state index in [0.29, 0.717) is 5.02 Å². The van der Waals surface area contributed by atoms with Crippen molar-refractivity contribution in [3.05, 3.63) is 28.8 Å². The van der Waals surface area contributed by atoms with Gasteiger partial charge in [0.25, 0.3) is 0 Å². The van der Waals surface area contributed by atoms with Gasteiger partial charge in [-0.2, -0.15) is 0 Å². The van der Waals surface area contributed by atoms with Gasteiger partial charge >= 0.3 is 5.97 Å². The van der Waals surface area contributed by atoms with E-state index in [2.05, 4.69) is 10.7 Å². The molecule has 0 unspecified atom stereocenters. The van der Waals surface area contributed by atoms with Gasteiger partial charge in [0.1, 0.15) is 0 Å². The van der Waals surface area contributed by atoms with Crippen LogP contribution in [-0.2, 0) is 4.79 Å². The number of anilines is 1. The standard InChI is InChI=1S/C11H14ClN3O3/c1-15(2)13-6-10(16)14-9-5-7(11(17)18)3-4-8(9)12/h3-5,13H,6H2,1-2H3,(H,14,16)(H,17,18). The number of benzene rings is 1. The molecule has 0 bridgehead atoms. The maximum absolute atomic E-state index is 11.5. The Hall–Kier alpha value is -1.63. The first-order chi connectivity index (χ1) is 8.40. The Labute approximate surface area is 110 Å². The fraction of sp³-hybridized carbons (Fsp3) is 0.273. The van der Waals surface area contributed by atoms with E-state index in [-0.39, 0.29) is 23.7 Å². The average molecular weight is 272 g/mol. The molecule has 0 fully saturated rings. The van der Waals surface area contributed by atoms with Crippen molar-refractivity contribution in [2.75, 3.05) is 26.0 Å². The number of nitrogens with zero attached hydrogens (tertiary/aromatic N) is 1. The second-order valence-corrected chi connectivity index (χ2v) is 4.18. The maximum atomic E-state index is 11.5. The quantitative estimate of drug-likeness (QED) is 0.697. The van der Waals surface area contributed by atoms with Crippen LogP contribution in [0.4, 0.5) is 5.69 Å². The molecule has 0 spiro atoms. The van der Waals surface area contributed by atoms with Crippen LogP contribution in [0.5, 0.6) is 0 Å². The maximum Gasteiger partial charge on any atom is 0.335 e. The minimum atomic E-state index is -1.08. The molecular weight excluding hydrogens is 258 g/mol. The van der Waals surface area contributed by atoms with E-state index >= 15 is 0 Å². The summed E-state index contributed by atoms with van der Waals surface area (Å²) in [7, 11) is 3.51. The Morgan fingerprint density at radius 3 is 2.61 bits per heavy atom. The second-order valence-electron chi connectivity index (χ2n) is 3.78. The van der Waals surface area contributed by atoms with E-state index in [1.165, 1.54) is 18.2 Å². The fourth-order valence-electron chi connectivity index (χ4n) is 1.18. The van der Waals surface area contributed by atoms with E-state index < -0.39 is 5.97 Å². The third kappa shape index (κ3) is 4.33. The molecule has 0 aromatic heterocycles. The van der Waals surface area contributed by atoms with Crippen LogP contribution in [0, 0.1) is 0 Å². The Morgan fingerprint density at radius 1 is 1.39 bits per heavy atom.